The SMILES string of the molecule is C[C@@H](OC(=O)Cc1coc2cc(O)ccc12)C(=O)Nc1ccccc1[N+](=O)[O-]. The van der Waals surface area contributed by atoms with Gasteiger partial charge in [-0.25, -0.2) is 0 Å². The highest BCUT2D eigenvalue weighted by molar-refractivity contribution is 5.97. The molecule has 0 aliphatic rings. The van der Waals surface area contributed by atoms with E-state index in [1.165, 1.54) is 43.5 Å². The molecular weight excluding hydrogens is 368 g/mol. The molecule has 9 heteroatoms. The molecule has 2 N–H and O–H groups in total. The van der Waals surface area contributed by atoms with Gasteiger partial charge in [-0.05, 0) is 25.1 Å². The molecule has 0 radical (unpaired) electrons. The van der Waals surface area contributed by atoms with Gasteiger partial charge < -0.3 is 19.6 Å². The average molecular weight is 384 g/mol. The van der Waals surface area contributed by atoms with Crippen LogP contribution in [-0.2, 0) is 20.7 Å². The number of ether oxygens (including phenoxy) is 1. The third-order valence-electron chi connectivity index (χ3n) is 4.01. The van der Waals surface area contributed by atoms with Gasteiger partial charge in [0, 0.05) is 23.1 Å². The zero-order valence-corrected chi connectivity index (χ0v) is 14.7. The molecule has 144 valence electrons. The molecule has 0 saturated heterocycles. The van der Waals surface area contributed by atoms with E-state index < -0.39 is 22.9 Å². The van der Waals surface area contributed by atoms with Crippen molar-refractivity contribution in [2.24, 2.45) is 0 Å². The van der Waals surface area contributed by atoms with Crippen LogP contribution in [0.4, 0.5) is 11.4 Å². The van der Waals surface area contributed by atoms with Crippen LogP contribution in [0.3, 0.4) is 0 Å². The Bertz CT molecular complexity index is 1060. The molecule has 2 aromatic carbocycles. The summed E-state index contributed by atoms with van der Waals surface area (Å²) in [5.41, 5.74) is 0.722. The first-order valence-corrected chi connectivity index (χ1v) is 8.28. The number of hydrogen-bond acceptors (Lipinski definition) is 7. The molecule has 0 aliphatic heterocycles. The fraction of sp³-hybridized carbons (Fsp3) is 0.158. The third kappa shape index (κ3) is 4.09. The van der Waals surface area contributed by atoms with Crippen LogP contribution in [0.25, 0.3) is 11.0 Å². The van der Waals surface area contributed by atoms with E-state index in [0.717, 1.165) is 0 Å². The lowest BCUT2D eigenvalue weighted by atomic mass is 10.1. The maximum absolute atomic E-state index is 12.2. The number of carbonyl (C=O) groups excluding carboxylic acids is 2. The summed E-state index contributed by atoms with van der Waals surface area (Å²) < 4.78 is 10.4. The second kappa shape index (κ2) is 7.78. The number of furan rings is 1. The van der Waals surface area contributed by atoms with Gasteiger partial charge in [0.1, 0.15) is 17.0 Å². The minimum Gasteiger partial charge on any atom is -0.508 e. The van der Waals surface area contributed by atoms with Crippen LogP contribution in [0.5, 0.6) is 5.75 Å². The molecule has 0 bridgehead atoms. The Morgan fingerprint density at radius 1 is 1.29 bits per heavy atom. The van der Waals surface area contributed by atoms with E-state index in [2.05, 4.69) is 5.32 Å². The van der Waals surface area contributed by atoms with Gasteiger partial charge in [0.05, 0.1) is 17.6 Å². The summed E-state index contributed by atoms with van der Waals surface area (Å²) in [5, 5.41) is 23.5. The summed E-state index contributed by atoms with van der Waals surface area (Å²) in [7, 11) is 0. The van der Waals surface area contributed by atoms with Crippen molar-refractivity contribution in [3.05, 3.63) is 64.4 Å². The molecule has 1 atom stereocenters. The number of nitrogens with zero attached hydrogens (tertiary/aromatic N) is 1. The number of anilines is 1. The highest BCUT2D eigenvalue weighted by Gasteiger charge is 2.22. The van der Waals surface area contributed by atoms with Gasteiger partial charge in [0.15, 0.2) is 6.10 Å². The number of para-hydroxylation sites is 2. The molecule has 9 nitrogen and oxygen atoms in total. The lowest BCUT2D eigenvalue weighted by molar-refractivity contribution is -0.383. The van der Waals surface area contributed by atoms with Crippen molar-refractivity contribution >= 4 is 34.2 Å². The van der Waals surface area contributed by atoms with Gasteiger partial charge in [-0.2, -0.15) is 0 Å². The second-order valence-corrected chi connectivity index (χ2v) is 6.01. The van der Waals surface area contributed by atoms with Crippen molar-refractivity contribution in [3.63, 3.8) is 0 Å². The minimum absolute atomic E-state index is 0.0148. The van der Waals surface area contributed by atoms with E-state index in [4.69, 9.17) is 9.15 Å². The smallest absolute Gasteiger partial charge is 0.311 e. The molecule has 1 heterocycles. The Hall–Kier alpha value is -3.88. The topological polar surface area (TPSA) is 132 Å². The van der Waals surface area contributed by atoms with Crippen LogP contribution in [0.15, 0.2) is 53.1 Å². The number of fused-ring (bicyclic) bond motifs is 1. The predicted octanol–water partition coefficient (Wildman–Crippen LogP) is 3.16. The lowest BCUT2D eigenvalue weighted by Crippen LogP contribution is -2.30. The largest absolute Gasteiger partial charge is 0.508 e. The molecule has 0 spiro atoms. The first kappa shape index (κ1) is 18.9. The molecule has 0 unspecified atom stereocenters. The third-order valence-corrected chi connectivity index (χ3v) is 4.01. The summed E-state index contributed by atoms with van der Waals surface area (Å²) in [6, 6.07) is 10.2. The number of amides is 1. The number of nitrogens with one attached hydrogen (secondary N) is 1. The van der Waals surface area contributed by atoms with Crippen molar-refractivity contribution < 1.29 is 28.8 Å². The van der Waals surface area contributed by atoms with Gasteiger partial charge in [-0.15, -0.1) is 0 Å². The van der Waals surface area contributed by atoms with Gasteiger partial charge in [0.2, 0.25) is 0 Å². The van der Waals surface area contributed by atoms with Gasteiger partial charge in [-0.3, -0.25) is 19.7 Å². The monoisotopic (exact) mass is 384 g/mol. The number of rotatable bonds is 6. The van der Waals surface area contributed by atoms with E-state index in [1.54, 1.807) is 12.1 Å². The lowest BCUT2D eigenvalue weighted by Gasteiger charge is -2.13. The van der Waals surface area contributed by atoms with E-state index in [1.807, 2.05) is 0 Å². The normalized spacial score (nSPS) is 11.8. The van der Waals surface area contributed by atoms with Crippen molar-refractivity contribution in [3.8, 4) is 5.75 Å². The molecule has 3 aromatic rings. The van der Waals surface area contributed by atoms with Crippen molar-refractivity contribution in [1.82, 2.24) is 0 Å². The fourth-order valence-corrected chi connectivity index (χ4v) is 2.63. The first-order valence-electron chi connectivity index (χ1n) is 8.28. The van der Waals surface area contributed by atoms with Crippen LogP contribution >= 0.6 is 0 Å². The Morgan fingerprint density at radius 2 is 2.04 bits per heavy atom. The Labute approximate surface area is 158 Å². The number of phenolic OH excluding ortho intramolecular Hbond substituents is 1. The molecule has 1 amide bonds. The summed E-state index contributed by atoms with van der Waals surface area (Å²) in [5.74, 6) is -1.32. The zero-order chi connectivity index (χ0) is 20.3. The van der Waals surface area contributed by atoms with Gasteiger partial charge in [-0.1, -0.05) is 12.1 Å². The van der Waals surface area contributed by atoms with Crippen LogP contribution in [0.1, 0.15) is 12.5 Å². The highest BCUT2D eigenvalue weighted by Crippen LogP contribution is 2.26. The standard InChI is InChI=1S/C19H16N2O7/c1-11(19(24)20-15-4-2-3-5-16(15)21(25)26)28-18(23)8-12-10-27-17-9-13(22)6-7-14(12)17/h2-7,9-11,22H,8H2,1H3,(H,20,24)/t11-/m1/s1. The van der Waals surface area contributed by atoms with E-state index in [0.29, 0.717) is 16.5 Å². The summed E-state index contributed by atoms with van der Waals surface area (Å²) in [6.45, 7) is 1.37. The molecule has 0 fully saturated rings. The molecule has 1 aromatic heterocycles. The van der Waals surface area contributed by atoms with Gasteiger partial charge >= 0.3 is 5.97 Å². The van der Waals surface area contributed by atoms with E-state index >= 15 is 0 Å². The van der Waals surface area contributed by atoms with Gasteiger partial charge in [0.25, 0.3) is 11.6 Å². The molecule has 28 heavy (non-hydrogen) atoms. The number of phenols is 1. The summed E-state index contributed by atoms with van der Waals surface area (Å²) in [4.78, 5) is 34.8. The maximum atomic E-state index is 12.2. The molecule has 0 saturated carbocycles. The van der Waals surface area contributed by atoms with Crippen molar-refractivity contribution in [1.29, 1.82) is 0 Å². The van der Waals surface area contributed by atoms with Crippen LogP contribution < -0.4 is 5.32 Å². The Balaban J connectivity index is 1.63. The number of aromatic hydroxyl groups is 1. The maximum Gasteiger partial charge on any atom is 0.311 e. The minimum atomic E-state index is -1.16. The number of carbonyl (C=O) groups is 2. The number of nitro benzene ring substituents is 1. The number of esters is 1. The zero-order valence-electron chi connectivity index (χ0n) is 14.7. The predicted molar refractivity (Wildman–Crippen MR) is 98.9 cm³/mol. The molecule has 3 rings (SSSR count). The highest BCUT2D eigenvalue weighted by atomic mass is 16.6. The van der Waals surface area contributed by atoms with Crippen LogP contribution in [0, 0.1) is 10.1 Å². The number of nitro groups is 1. The van der Waals surface area contributed by atoms with E-state index in [9.17, 15) is 24.8 Å². The Kier molecular flexibility index (Phi) is 5.25. The van der Waals surface area contributed by atoms with Crippen molar-refractivity contribution in [2.45, 2.75) is 19.4 Å². The number of benzene rings is 2. The van der Waals surface area contributed by atoms with E-state index in [-0.39, 0.29) is 23.5 Å². The fourth-order valence-electron chi connectivity index (χ4n) is 2.63. The Morgan fingerprint density at radius 3 is 2.79 bits per heavy atom. The second-order valence-electron chi connectivity index (χ2n) is 6.01. The average Bonchev–Trinajstić information content (AvgIpc) is 3.03. The molecule has 0 aliphatic carbocycles. The first-order chi connectivity index (χ1) is 13.3. The molecular formula is C19H16N2O7. The summed E-state index contributed by atoms with van der Waals surface area (Å²) in [6.07, 6.45) is 0.0825. The van der Waals surface area contributed by atoms with Crippen LogP contribution in [-0.4, -0.2) is 28.0 Å². The van der Waals surface area contributed by atoms with Crippen molar-refractivity contribution in [2.75, 3.05) is 5.32 Å². The number of hydrogen-bond donors (Lipinski definition) is 2. The van der Waals surface area contributed by atoms with Crippen LogP contribution in [0.2, 0.25) is 0 Å². The quantitative estimate of drug-likeness (QED) is 0.379. The summed E-state index contributed by atoms with van der Waals surface area (Å²) >= 11 is 0.